The van der Waals surface area contributed by atoms with Gasteiger partial charge in [-0.2, -0.15) is 0 Å². The number of sulfonamides is 1. The molecule has 0 aliphatic carbocycles. The Labute approximate surface area is 187 Å². The van der Waals surface area contributed by atoms with E-state index >= 15 is 0 Å². The largest absolute Gasteiger partial charge is 0.323 e. The van der Waals surface area contributed by atoms with Crippen molar-refractivity contribution in [1.82, 2.24) is 0 Å². The monoisotopic (exact) mass is 536 g/mol. The Morgan fingerprint density at radius 2 is 1.62 bits per heavy atom. The normalized spacial score (nSPS) is 11.1. The van der Waals surface area contributed by atoms with Crippen LogP contribution in [-0.4, -0.2) is 20.9 Å². The highest BCUT2D eigenvalue weighted by molar-refractivity contribution is 9.10. The molecule has 0 radical (unpaired) electrons. The van der Waals surface area contributed by atoms with Crippen LogP contribution < -0.4 is 9.62 Å². The molecule has 0 saturated heterocycles. The molecular formula is C21H18Br2N2O3S. The minimum Gasteiger partial charge on any atom is -0.323 e. The Balaban J connectivity index is 1.93. The van der Waals surface area contributed by atoms with Crippen molar-refractivity contribution in [3.05, 3.63) is 87.3 Å². The van der Waals surface area contributed by atoms with Gasteiger partial charge in [0, 0.05) is 8.95 Å². The summed E-state index contributed by atoms with van der Waals surface area (Å²) in [6.45, 7) is 1.58. The summed E-state index contributed by atoms with van der Waals surface area (Å²) >= 11 is 6.77. The Hall–Kier alpha value is -2.16. The van der Waals surface area contributed by atoms with Crippen LogP contribution in [0.3, 0.4) is 0 Å². The number of halogens is 2. The maximum Gasteiger partial charge on any atom is 0.264 e. The fourth-order valence-corrected chi connectivity index (χ4v) is 4.98. The maximum absolute atomic E-state index is 13.2. The number of carbonyl (C=O) groups excluding carboxylic acids is 1. The van der Waals surface area contributed by atoms with E-state index < -0.39 is 15.9 Å². The summed E-state index contributed by atoms with van der Waals surface area (Å²) in [6.07, 6.45) is 0. The molecule has 0 aromatic heterocycles. The van der Waals surface area contributed by atoms with Crippen LogP contribution in [0.4, 0.5) is 11.4 Å². The van der Waals surface area contributed by atoms with E-state index in [1.54, 1.807) is 48.5 Å². The van der Waals surface area contributed by atoms with E-state index in [1.807, 2.05) is 19.1 Å². The number of rotatable bonds is 6. The number of anilines is 2. The smallest absolute Gasteiger partial charge is 0.264 e. The molecule has 0 spiro atoms. The summed E-state index contributed by atoms with van der Waals surface area (Å²) in [4.78, 5) is 12.8. The lowest BCUT2D eigenvalue weighted by Crippen LogP contribution is -2.38. The second-order valence-corrected chi connectivity index (χ2v) is 9.96. The first-order valence-corrected chi connectivity index (χ1v) is 11.7. The highest BCUT2D eigenvalue weighted by Crippen LogP contribution is 2.27. The third-order valence-corrected chi connectivity index (χ3v) is 7.10. The number of nitrogens with one attached hydrogen (secondary N) is 1. The van der Waals surface area contributed by atoms with E-state index in [0.29, 0.717) is 11.4 Å². The van der Waals surface area contributed by atoms with Gasteiger partial charge in [0.25, 0.3) is 10.0 Å². The van der Waals surface area contributed by atoms with Crippen molar-refractivity contribution in [2.45, 2.75) is 11.8 Å². The topological polar surface area (TPSA) is 66.5 Å². The Morgan fingerprint density at radius 1 is 0.966 bits per heavy atom. The van der Waals surface area contributed by atoms with Crippen molar-refractivity contribution in [2.24, 2.45) is 0 Å². The van der Waals surface area contributed by atoms with Gasteiger partial charge in [-0.25, -0.2) is 8.42 Å². The van der Waals surface area contributed by atoms with Gasteiger partial charge < -0.3 is 5.32 Å². The highest BCUT2D eigenvalue weighted by atomic mass is 79.9. The first kappa shape index (κ1) is 21.5. The number of hydrogen-bond acceptors (Lipinski definition) is 3. The van der Waals surface area contributed by atoms with Crippen LogP contribution in [0.2, 0.25) is 0 Å². The predicted octanol–water partition coefficient (Wildman–Crippen LogP) is 5.35. The zero-order valence-corrected chi connectivity index (χ0v) is 19.5. The Bertz CT molecular complexity index is 1120. The van der Waals surface area contributed by atoms with Crippen LogP contribution in [0.25, 0.3) is 0 Å². The van der Waals surface area contributed by atoms with Crippen molar-refractivity contribution in [1.29, 1.82) is 0 Å². The quantitative estimate of drug-likeness (QED) is 0.460. The average molecular weight is 538 g/mol. The number of nitrogens with zero attached hydrogens (tertiary/aromatic N) is 1. The number of amides is 1. The SMILES string of the molecule is Cc1ccc(NC(=O)CN(c2ccc(Br)cc2)S(=O)(=O)c2ccccc2)c(Br)c1. The van der Waals surface area contributed by atoms with Gasteiger partial charge in [0.2, 0.25) is 5.91 Å². The number of carbonyl (C=O) groups is 1. The third-order valence-electron chi connectivity index (χ3n) is 4.13. The van der Waals surface area contributed by atoms with Crippen molar-refractivity contribution in [3.63, 3.8) is 0 Å². The standard InChI is InChI=1S/C21H18Br2N2O3S/c1-15-7-12-20(19(23)13-15)24-21(26)14-25(17-10-8-16(22)9-11-17)29(27,28)18-5-3-2-4-6-18/h2-13H,14H2,1H3,(H,24,26). The van der Waals surface area contributed by atoms with E-state index in [0.717, 1.165) is 18.8 Å². The van der Waals surface area contributed by atoms with E-state index in [2.05, 4.69) is 37.2 Å². The van der Waals surface area contributed by atoms with E-state index in [4.69, 9.17) is 0 Å². The lowest BCUT2D eigenvalue weighted by Gasteiger charge is -2.24. The van der Waals surface area contributed by atoms with Gasteiger partial charge in [-0.15, -0.1) is 0 Å². The Kier molecular flexibility index (Phi) is 6.77. The van der Waals surface area contributed by atoms with Gasteiger partial charge >= 0.3 is 0 Å². The molecule has 0 aliphatic heterocycles. The van der Waals surface area contributed by atoms with Crippen LogP contribution in [-0.2, 0) is 14.8 Å². The molecule has 3 aromatic carbocycles. The summed E-state index contributed by atoms with van der Waals surface area (Å²) in [5, 5.41) is 2.77. The molecule has 0 bridgehead atoms. The third kappa shape index (κ3) is 5.26. The summed E-state index contributed by atoms with van der Waals surface area (Å²) in [5.41, 5.74) is 2.02. The molecule has 0 fully saturated rings. The molecule has 150 valence electrons. The first-order valence-electron chi connectivity index (χ1n) is 8.67. The molecule has 5 nitrogen and oxygen atoms in total. The van der Waals surface area contributed by atoms with Crippen LogP contribution in [0.1, 0.15) is 5.56 Å². The molecule has 0 heterocycles. The van der Waals surface area contributed by atoms with Crippen molar-refractivity contribution >= 4 is 59.2 Å². The van der Waals surface area contributed by atoms with E-state index in [1.165, 1.54) is 12.1 Å². The number of aryl methyl sites for hydroxylation is 1. The van der Waals surface area contributed by atoms with Crippen molar-refractivity contribution < 1.29 is 13.2 Å². The zero-order valence-electron chi connectivity index (χ0n) is 15.5. The van der Waals surface area contributed by atoms with Gasteiger partial charge in [-0.1, -0.05) is 40.2 Å². The van der Waals surface area contributed by atoms with E-state index in [-0.39, 0.29) is 11.4 Å². The van der Waals surface area contributed by atoms with Crippen LogP contribution in [0.5, 0.6) is 0 Å². The minimum absolute atomic E-state index is 0.118. The minimum atomic E-state index is -3.93. The molecule has 1 amide bonds. The first-order chi connectivity index (χ1) is 13.8. The molecule has 29 heavy (non-hydrogen) atoms. The van der Waals surface area contributed by atoms with Gasteiger partial charge in [0.15, 0.2) is 0 Å². The second-order valence-electron chi connectivity index (χ2n) is 6.33. The molecule has 0 atom stereocenters. The lowest BCUT2D eigenvalue weighted by molar-refractivity contribution is -0.114. The molecule has 1 N–H and O–H groups in total. The predicted molar refractivity (Wildman–Crippen MR) is 123 cm³/mol. The molecule has 3 rings (SSSR count). The summed E-state index contributed by atoms with van der Waals surface area (Å²) < 4.78 is 29.1. The fourth-order valence-electron chi connectivity index (χ4n) is 2.68. The van der Waals surface area contributed by atoms with Crippen LogP contribution >= 0.6 is 31.9 Å². The van der Waals surface area contributed by atoms with Crippen molar-refractivity contribution in [2.75, 3.05) is 16.2 Å². The number of benzene rings is 3. The Morgan fingerprint density at radius 3 is 2.24 bits per heavy atom. The molecule has 8 heteroatoms. The van der Waals surface area contributed by atoms with Crippen molar-refractivity contribution in [3.8, 4) is 0 Å². The molecular weight excluding hydrogens is 520 g/mol. The van der Waals surface area contributed by atoms with E-state index in [9.17, 15) is 13.2 Å². The second kappa shape index (κ2) is 9.11. The zero-order chi connectivity index (χ0) is 21.0. The average Bonchev–Trinajstić information content (AvgIpc) is 2.70. The van der Waals surface area contributed by atoms with Gasteiger partial charge in [-0.3, -0.25) is 9.10 Å². The number of hydrogen-bond donors (Lipinski definition) is 1. The lowest BCUT2D eigenvalue weighted by atomic mass is 10.2. The maximum atomic E-state index is 13.2. The van der Waals surface area contributed by atoms with Crippen LogP contribution in [0.15, 0.2) is 86.6 Å². The molecule has 0 aliphatic rings. The molecule has 0 unspecified atom stereocenters. The summed E-state index contributed by atoms with van der Waals surface area (Å²) in [5.74, 6) is -0.447. The fraction of sp³-hybridized carbons (Fsp3) is 0.0952. The van der Waals surface area contributed by atoms with Gasteiger partial charge in [0.1, 0.15) is 6.54 Å². The highest BCUT2D eigenvalue weighted by Gasteiger charge is 2.27. The summed E-state index contributed by atoms with van der Waals surface area (Å²) in [7, 11) is -3.93. The molecule has 0 saturated carbocycles. The molecule has 3 aromatic rings. The van der Waals surface area contributed by atoms with Gasteiger partial charge in [0.05, 0.1) is 16.3 Å². The van der Waals surface area contributed by atoms with Gasteiger partial charge in [-0.05, 0) is 76.9 Å². The summed E-state index contributed by atoms with van der Waals surface area (Å²) in [6, 6.07) is 20.3. The van der Waals surface area contributed by atoms with Crippen LogP contribution in [0, 0.1) is 6.92 Å².